The molecule has 0 saturated carbocycles. The first kappa shape index (κ1) is 14.4. The summed E-state index contributed by atoms with van der Waals surface area (Å²) in [5.41, 5.74) is 0.529. The average molecular weight is 314 g/mol. The van der Waals surface area contributed by atoms with E-state index in [1.165, 1.54) is 11.3 Å². The number of para-hydroxylation sites is 1. The van der Waals surface area contributed by atoms with E-state index in [4.69, 9.17) is 0 Å². The highest BCUT2D eigenvalue weighted by Gasteiger charge is 2.06. The summed E-state index contributed by atoms with van der Waals surface area (Å²) in [5.74, 6) is 0.517. The van der Waals surface area contributed by atoms with Gasteiger partial charge in [0, 0.05) is 24.4 Å². The molecule has 0 aliphatic heterocycles. The van der Waals surface area contributed by atoms with E-state index in [9.17, 15) is 9.59 Å². The number of aryl methyl sites for hydroxylation is 1. The molecule has 0 bridgehead atoms. The molecule has 0 spiro atoms. The van der Waals surface area contributed by atoms with Gasteiger partial charge < -0.3 is 10.3 Å². The first-order valence-electron chi connectivity index (χ1n) is 6.89. The Morgan fingerprint density at radius 1 is 1.32 bits per heavy atom. The predicted molar refractivity (Wildman–Crippen MR) is 86.0 cm³/mol. The van der Waals surface area contributed by atoms with Gasteiger partial charge in [-0.05, 0) is 18.6 Å². The van der Waals surface area contributed by atoms with Gasteiger partial charge in [0.2, 0.25) is 5.91 Å². The number of nitrogens with zero attached hydrogens (tertiary/aromatic N) is 2. The molecule has 1 amide bonds. The van der Waals surface area contributed by atoms with Crippen molar-refractivity contribution < 1.29 is 4.79 Å². The normalized spacial score (nSPS) is 10.7. The number of rotatable bonds is 5. The Morgan fingerprint density at radius 2 is 2.18 bits per heavy atom. The van der Waals surface area contributed by atoms with Gasteiger partial charge in [-0.2, -0.15) is 0 Å². The standard InChI is InChI=1S/C15H14N4O2S/c20-13(19-15-16-8-9-22-15)7-3-6-12-17-11-5-2-1-4-10(11)14(21)18-12/h1-2,4-5,8-9H,3,6-7H2,(H,16,19,20)(H,17,18,21). The summed E-state index contributed by atoms with van der Waals surface area (Å²) in [6.45, 7) is 0. The molecule has 112 valence electrons. The van der Waals surface area contributed by atoms with Crippen LogP contribution in [0.3, 0.4) is 0 Å². The molecule has 6 nitrogen and oxygen atoms in total. The third-order valence-corrected chi connectivity index (χ3v) is 3.85. The number of carbonyl (C=O) groups excluding carboxylic acids is 1. The molecule has 7 heteroatoms. The highest BCUT2D eigenvalue weighted by atomic mass is 32.1. The number of thiazole rings is 1. The molecule has 2 heterocycles. The van der Waals surface area contributed by atoms with Gasteiger partial charge in [-0.15, -0.1) is 11.3 Å². The fourth-order valence-corrected chi connectivity index (χ4v) is 2.68. The van der Waals surface area contributed by atoms with Crippen molar-refractivity contribution in [3.05, 3.63) is 52.0 Å². The Kier molecular flexibility index (Phi) is 4.24. The lowest BCUT2D eigenvalue weighted by atomic mass is 10.2. The zero-order valence-electron chi connectivity index (χ0n) is 11.7. The van der Waals surface area contributed by atoms with Crippen molar-refractivity contribution >= 4 is 33.3 Å². The van der Waals surface area contributed by atoms with Crippen LogP contribution in [0, 0.1) is 0 Å². The number of hydrogen-bond donors (Lipinski definition) is 2. The molecule has 0 unspecified atom stereocenters. The second-order valence-electron chi connectivity index (χ2n) is 4.77. The number of nitrogens with one attached hydrogen (secondary N) is 2. The third kappa shape index (κ3) is 3.37. The summed E-state index contributed by atoms with van der Waals surface area (Å²) < 4.78 is 0. The summed E-state index contributed by atoms with van der Waals surface area (Å²) in [5, 5.41) is 5.71. The Balaban J connectivity index is 1.60. The van der Waals surface area contributed by atoms with E-state index in [0.717, 1.165) is 0 Å². The van der Waals surface area contributed by atoms with Crippen LogP contribution in [0.2, 0.25) is 0 Å². The van der Waals surface area contributed by atoms with Crippen LogP contribution in [-0.4, -0.2) is 20.9 Å². The Morgan fingerprint density at radius 3 is 3.00 bits per heavy atom. The molecule has 0 fully saturated rings. The van der Waals surface area contributed by atoms with E-state index >= 15 is 0 Å². The molecule has 2 N–H and O–H groups in total. The Hall–Kier alpha value is -2.54. The average Bonchev–Trinajstić information content (AvgIpc) is 3.00. The van der Waals surface area contributed by atoms with E-state index in [-0.39, 0.29) is 11.5 Å². The molecule has 0 atom stereocenters. The topological polar surface area (TPSA) is 87.7 Å². The van der Waals surface area contributed by atoms with Crippen molar-refractivity contribution in [1.82, 2.24) is 15.0 Å². The van der Waals surface area contributed by atoms with Crippen LogP contribution < -0.4 is 10.9 Å². The maximum Gasteiger partial charge on any atom is 0.258 e. The molecular formula is C15H14N4O2S. The molecular weight excluding hydrogens is 300 g/mol. The monoisotopic (exact) mass is 314 g/mol. The first-order valence-corrected chi connectivity index (χ1v) is 7.77. The minimum Gasteiger partial charge on any atom is -0.310 e. The van der Waals surface area contributed by atoms with E-state index < -0.39 is 0 Å². The highest BCUT2D eigenvalue weighted by molar-refractivity contribution is 7.13. The Bertz CT molecular complexity index is 842. The minimum atomic E-state index is -0.146. The first-order chi connectivity index (χ1) is 10.7. The van der Waals surface area contributed by atoms with Crippen molar-refractivity contribution in [2.45, 2.75) is 19.3 Å². The van der Waals surface area contributed by atoms with Gasteiger partial charge in [0.15, 0.2) is 5.13 Å². The quantitative estimate of drug-likeness (QED) is 0.756. The van der Waals surface area contributed by atoms with Gasteiger partial charge in [-0.1, -0.05) is 12.1 Å². The highest BCUT2D eigenvalue weighted by Crippen LogP contribution is 2.11. The zero-order valence-corrected chi connectivity index (χ0v) is 12.5. The number of anilines is 1. The number of fused-ring (bicyclic) bond motifs is 1. The van der Waals surface area contributed by atoms with Gasteiger partial charge in [0.1, 0.15) is 5.82 Å². The van der Waals surface area contributed by atoms with Crippen LogP contribution in [0.4, 0.5) is 5.13 Å². The zero-order chi connectivity index (χ0) is 15.4. The van der Waals surface area contributed by atoms with Crippen molar-refractivity contribution in [2.75, 3.05) is 5.32 Å². The summed E-state index contributed by atoms with van der Waals surface area (Å²) in [7, 11) is 0. The number of carbonyl (C=O) groups is 1. The largest absolute Gasteiger partial charge is 0.310 e. The third-order valence-electron chi connectivity index (χ3n) is 3.16. The molecule has 22 heavy (non-hydrogen) atoms. The van der Waals surface area contributed by atoms with Crippen molar-refractivity contribution in [1.29, 1.82) is 0 Å². The Labute approximate surface area is 130 Å². The van der Waals surface area contributed by atoms with Crippen molar-refractivity contribution in [2.24, 2.45) is 0 Å². The van der Waals surface area contributed by atoms with Gasteiger partial charge in [-0.25, -0.2) is 9.97 Å². The van der Waals surface area contributed by atoms with Gasteiger partial charge >= 0.3 is 0 Å². The molecule has 0 saturated heterocycles. The number of benzene rings is 1. The van der Waals surface area contributed by atoms with Crippen molar-refractivity contribution in [3.8, 4) is 0 Å². The lowest BCUT2D eigenvalue weighted by molar-refractivity contribution is -0.116. The van der Waals surface area contributed by atoms with E-state index in [1.807, 2.05) is 18.2 Å². The maximum atomic E-state index is 11.9. The van der Waals surface area contributed by atoms with E-state index in [0.29, 0.717) is 41.1 Å². The fraction of sp³-hybridized carbons (Fsp3) is 0.200. The second kappa shape index (κ2) is 6.48. The van der Waals surface area contributed by atoms with Crippen LogP contribution in [0.25, 0.3) is 10.9 Å². The maximum absolute atomic E-state index is 11.9. The minimum absolute atomic E-state index is 0.0851. The van der Waals surface area contributed by atoms with E-state index in [2.05, 4.69) is 20.3 Å². The van der Waals surface area contributed by atoms with E-state index in [1.54, 1.807) is 17.6 Å². The lowest BCUT2D eigenvalue weighted by Crippen LogP contribution is -2.14. The van der Waals surface area contributed by atoms with Crippen LogP contribution in [0.5, 0.6) is 0 Å². The van der Waals surface area contributed by atoms with Gasteiger partial charge in [0.05, 0.1) is 10.9 Å². The number of aromatic nitrogens is 3. The SMILES string of the molecule is O=C(CCCc1nc2ccccc2c(=O)[nH]1)Nc1nccs1. The van der Waals surface area contributed by atoms with Crippen LogP contribution in [-0.2, 0) is 11.2 Å². The molecule has 3 rings (SSSR count). The van der Waals surface area contributed by atoms with Crippen molar-refractivity contribution in [3.63, 3.8) is 0 Å². The molecule has 2 aromatic heterocycles. The molecule has 0 aliphatic rings. The summed E-state index contributed by atoms with van der Waals surface area (Å²) >= 11 is 1.38. The molecule has 3 aromatic rings. The molecule has 0 radical (unpaired) electrons. The number of hydrogen-bond acceptors (Lipinski definition) is 5. The molecule has 1 aromatic carbocycles. The summed E-state index contributed by atoms with van der Waals surface area (Å²) in [6, 6.07) is 7.21. The summed E-state index contributed by atoms with van der Waals surface area (Å²) in [6.07, 6.45) is 3.16. The van der Waals surface area contributed by atoms with Gasteiger partial charge in [-0.3, -0.25) is 9.59 Å². The number of amides is 1. The number of aromatic amines is 1. The van der Waals surface area contributed by atoms with Crippen LogP contribution in [0.15, 0.2) is 40.6 Å². The summed E-state index contributed by atoms with van der Waals surface area (Å²) in [4.78, 5) is 34.8. The smallest absolute Gasteiger partial charge is 0.258 e. The second-order valence-corrected chi connectivity index (χ2v) is 5.66. The lowest BCUT2D eigenvalue weighted by Gasteiger charge is -2.03. The number of H-pyrrole nitrogens is 1. The van der Waals surface area contributed by atoms with Crippen LogP contribution >= 0.6 is 11.3 Å². The van der Waals surface area contributed by atoms with Crippen LogP contribution in [0.1, 0.15) is 18.7 Å². The molecule has 0 aliphatic carbocycles. The predicted octanol–water partition coefficient (Wildman–Crippen LogP) is 2.34. The fourth-order valence-electron chi connectivity index (χ4n) is 2.14. The van der Waals surface area contributed by atoms with Gasteiger partial charge in [0.25, 0.3) is 5.56 Å².